The van der Waals surface area contributed by atoms with E-state index in [-0.39, 0.29) is 6.04 Å². The summed E-state index contributed by atoms with van der Waals surface area (Å²) in [6.45, 7) is 3.06. The summed E-state index contributed by atoms with van der Waals surface area (Å²) < 4.78 is 9.26. The van der Waals surface area contributed by atoms with Gasteiger partial charge in [-0.15, -0.1) is 5.10 Å². The summed E-state index contributed by atoms with van der Waals surface area (Å²) in [6.07, 6.45) is 2.75. The Hall–Kier alpha value is -1.20. The van der Waals surface area contributed by atoms with Gasteiger partial charge in [0, 0.05) is 5.38 Å². The highest BCUT2D eigenvalue weighted by atomic mass is 32.1. The van der Waals surface area contributed by atoms with Crippen molar-refractivity contribution < 1.29 is 4.42 Å². The van der Waals surface area contributed by atoms with Gasteiger partial charge in [0.05, 0.1) is 6.26 Å². The number of hydrogen-bond acceptors (Lipinski definition) is 5. The lowest BCUT2D eigenvalue weighted by molar-refractivity contribution is 0.441. The molecule has 0 aliphatic heterocycles. The van der Waals surface area contributed by atoms with E-state index >= 15 is 0 Å². The summed E-state index contributed by atoms with van der Waals surface area (Å²) >= 11 is 1.36. The molecule has 80 valence electrons. The van der Waals surface area contributed by atoms with E-state index in [1.165, 1.54) is 11.5 Å². The Morgan fingerprint density at radius 2 is 2.53 bits per heavy atom. The molecule has 0 saturated heterocycles. The van der Waals surface area contributed by atoms with Gasteiger partial charge in [-0.05, 0) is 36.6 Å². The van der Waals surface area contributed by atoms with E-state index in [2.05, 4.69) is 21.8 Å². The first-order valence-electron chi connectivity index (χ1n) is 4.95. The number of furan rings is 1. The van der Waals surface area contributed by atoms with Crippen LogP contribution in [0.5, 0.6) is 0 Å². The van der Waals surface area contributed by atoms with Gasteiger partial charge in [0.15, 0.2) is 0 Å². The molecule has 0 radical (unpaired) electrons. The second-order valence-electron chi connectivity index (χ2n) is 3.23. The average Bonchev–Trinajstić information content (AvgIpc) is 2.90. The lowest BCUT2D eigenvalue weighted by Crippen LogP contribution is -2.23. The standard InChI is InChI=1S/C10H13N3OS/c1-2-5-11-10(8-7-15-13-12-8)9-4-3-6-14-9/h3-4,6-7,10-11H,2,5H2,1H3. The summed E-state index contributed by atoms with van der Waals surface area (Å²) in [5.41, 5.74) is 0.920. The van der Waals surface area contributed by atoms with Crippen LogP contribution in [-0.2, 0) is 0 Å². The zero-order valence-corrected chi connectivity index (χ0v) is 9.33. The van der Waals surface area contributed by atoms with Crippen molar-refractivity contribution in [2.24, 2.45) is 0 Å². The normalized spacial score (nSPS) is 12.9. The van der Waals surface area contributed by atoms with Crippen LogP contribution in [0, 0.1) is 0 Å². The van der Waals surface area contributed by atoms with E-state index in [0.29, 0.717) is 0 Å². The Morgan fingerprint density at radius 1 is 1.60 bits per heavy atom. The molecule has 2 rings (SSSR count). The lowest BCUT2D eigenvalue weighted by Gasteiger charge is -2.12. The quantitative estimate of drug-likeness (QED) is 0.844. The molecule has 0 saturated carbocycles. The summed E-state index contributed by atoms with van der Waals surface area (Å²) in [6, 6.07) is 3.86. The maximum atomic E-state index is 5.39. The number of rotatable bonds is 5. The molecule has 5 heteroatoms. The molecule has 2 heterocycles. The Morgan fingerprint density at radius 3 is 3.13 bits per heavy atom. The Kier molecular flexibility index (Phi) is 3.47. The fourth-order valence-corrected chi connectivity index (χ4v) is 1.87. The third-order valence-electron chi connectivity index (χ3n) is 2.10. The van der Waals surface area contributed by atoms with Gasteiger partial charge in [0.25, 0.3) is 0 Å². The molecular weight excluding hydrogens is 210 g/mol. The fraction of sp³-hybridized carbons (Fsp3) is 0.400. The van der Waals surface area contributed by atoms with Gasteiger partial charge in [0.1, 0.15) is 17.5 Å². The van der Waals surface area contributed by atoms with Crippen molar-refractivity contribution in [2.75, 3.05) is 6.54 Å². The van der Waals surface area contributed by atoms with Crippen LogP contribution in [-0.4, -0.2) is 16.1 Å². The van der Waals surface area contributed by atoms with Crippen LogP contribution in [0.25, 0.3) is 0 Å². The van der Waals surface area contributed by atoms with Crippen molar-refractivity contribution >= 4 is 11.5 Å². The molecule has 0 spiro atoms. The Bertz CT molecular complexity index is 337. The molecule has 0 aromatic carbocycles. The van der Waals surface area contributed by atoms with Gasteiger partial charge in [-0.2, -0.15) is 0 Å². The van der Waals surface area contributed by atoms with Crippen molar-refractivity contribution in [2.45, 2.75) is 19.4 Å². The number of nitrogens with zero attached hydrogens (tertiary/aromatic N) is 2. The molecule has 4 nitrogen and oxygen atoms in total. The predicted octanol–water partition coefficient (Wildman–Crippen LogP) is 2.22. The van der Waals surface area contributed by atoms with Crippen molar-refractivity contribution in [3.63, 3.8) is 0 Å². The molecule has 2 aromatic rings. The third kappa shape index (κ3) is 2.43. The van der Waals surface area contributed by atoms with Gasteiger partial charge in [0.2, 0.25) is 0 Å². The molecule has 15 heavy (non-hydrogen) atoms. The zero-order chi connectivity index (χ0) is 10.5. The van der Waals surface area contributed by atoms with Crippen LogP contribution in [0.1, 0.15) is 30.8 Å². The second kappa shape index (κ2) is 5.04. The minimum absolute atomic E-state index is 0.0266. The largest absolute Gasteiger partial charge is 0.467 e. The average molecular weight is 223 g/mol. The van der Waals surface area contributed by atoms with E-state index in [4.69, 9.17) is 4.42 Å². The van der Waals surface area contributed by atoms with Crippen molar-refractivity contribution in [1.82, 2.24) is 14.9 Å². The van der Waals surface area contributed by atoms with Gasteiger partial charge in [-0.25, -0.2) is 0 Å². The Balaban J connectivity index is 2.17. The number of aromatic nitrogens is 2. The van der Waals surface area contributed by atoms with E-state index in [9.17, 15) is 0 Å². The van der Waals surface area contributed by atoms with Crippen molar-refractivity contribution in [3.8, 4) is 0 Å². The second-order valence-corrected chi connectivity index (χ2v) is 3.84. The highest BCUT2D eigenvalue weighted by Gasteiger charge is 2.18. The maximum absolute atomic E-state index is 5.39. The molecule has 0 bridgehead atoms. The number of hydrogen-bond donors (Lipinski definition) is 1. The topological polar surface area (TPSA) is 51.0 Å². The van der Waals surface area contributed by atoms with Crippen LogP contribution in [0.3, 0.4) is 0 Å². The summed E-state index contributed by atoms with van der Waals surface area (Å²) in [4.78, 5) is 0. The summed E-state index contributed by atoms with van der Waals surface area (Å²) in [5.74, 6) is 0.885. The van der Waals surface area contributed by atoms with E-state index < -0.39 is 0 Å². The minimum atomic E-state index is 0.0266. The van der Waals surface area contributed by atoms with Crippen LogP contribution in [0.15, 0.2) is 28.2 Å². The smallest absolute Gasteiger partial charge is 0.126 e. The predicted molar refractivity (Wildman–Crippen MR) is 58.8 cm³/mol. The van der Waals surface area contributed by atoms with Crippen molar-refractivity contribution in [3.05, 3.63) is 35.2 Å². The molecule has 0 aliphatic rings. The van der Waals surface area contributed by atoms with Crippen LogP contribution in [0.4, 0.5) is 0 Å². The third-order valence-corrected chi connectivity index (χ3v) is 2.62. The fourth-order valence-electron chi connectivity index (χ4n) is 1.39. The van der Waals surface area contributed by atoms with E-state index in [1.807, 2.05) is 17.5 Å². The minimum Gasteiger partial charge on any atom is -0.467 e. The van der Waals surface area contributed by atoms with Crippen LogP contribution < -0.4 is 5.32 Å². The van der Waals surface area contributed by atoms with Crippen LogP contribution in [0.2, 0.25) is 0 Å². The van der Waals surface area contributed by atoms with Gasteiger partial charge >= 0.3 is 0 Å². The van der Waals surface area contributed by atoms with Crippen molar-refractivity contribution in [1.29, 1.82) is 0 Å². The van der Waals surface area contributed by atoms with E-state index in [0.717, 1.165) is 24.4 Å². The summed E-state index contributed by atoms with van der Waals surface area (Å²) in [5, 5.41) is 9.40. The first-order chi connectivity index (χ1) is 7.42. The lowest BCUT2D eigenvalue weighted by atomic mass is 10.1. The van der Waals surface area contributed by atoms with Gasteiger partial charge in [-0.3, -0.25) is 0 Å². The first-order valence-corrected chi connectivity index (χ1v) is 5.79. The number of nitrogens with one attached hydrogen (secondary N) is 1. The molecule has 2 aromatic heterocycles. The van der Waals surface area contributed by atoms with Gasteiger partial charge < -0.3 is 9.73 Å². The first kappa shape index (κ1) is 10.3. The SMILES string of the molecule is CCCNC(c1csnn1)c1ccco1. The highest BCUT2D eigenvalue weighted by Crippen LogP contribution is 2.21. The molecule has 1 atom stereocenters. The maximum Gasteiger partial charge on any atom is 0.126 e. The molecule has 0 fully saturated rings. The Labute approximate surface area is 92.5 Å². The molecular formula is C10H13N3OS. The summed E-state index contributed by atoms with van der Waals surface area (Å²) in [7, 11) is 0. The molecule has 0 aliphatic carbocycles. The highest BCUT2D eigenvalue weighted by molar-refractivity contribution is 7.03. The molecule has 0 amide bonds. The van der Waals surface area contributed by atoms with Crippen LogP contribution >= 0.6 is 11.5 Å². The monoisotopic (exact) mass is 223 g/mol. The molecule has 1 N–H and O–H groups in total. The molecule has 1 unspecified atom stereocenters. The van der Waals surface area contributed by atoms with Gasteiger partial charge in [-0.1, -0.05) is 11.4 Å². The van der Waals surface area contributed by atoms with E-state index in [1.54, 1.807) is 6.26 Å². The zero-order valence-electron chi connectivity index (χ0n) is 8.51.